The Bertz CT molecular complexity index is 819. The predicted octanol–water partition coefficient (Wildman–Crippen LogP) is 3.53. The molecule has 9 heteroatoms. The van der Waals surface area contributed by atoms with E-state index in [4.69, 9.17) is 23.2 Å². The third-order valence-corrected chi connectivity index (χ3v) is 8.57. The number of hydrogen-bond acceptors (Lipinski definition) is 4. The summed E-state index contributed by atoms with van der Waals surface area (Å²) in [6.45, 7) is 4.52. The van der Waals surface area contributed by atoms with Gasteiger partial charge >= 0.3 is 0 Å². The maximum absolute atomic E-state index is 12.7. The van der Waals surface area contributed by atoms with Crippen LogP contribution < -0.4 is 5.32 Å². The first-order valence-electron chi connectivity index (χ1n) is 10.8. The van der Waals surface area contributed by atoms with Crippen molar-refractivity contribution in [3.63, 3.8) is 0 Å². The van der Waals surface area contributed by atoms with E-state index < -0.39 is 10.0 Å². The minimum atomic E-state index is -3.46. The Labute approximate surface area is 189 Å². The lowest BCUT2D eigenvalue weighted by Crippen LogP contribution is -2.44. The van der Waals surface area contributed by atoms with Gasteiger partial charge in [0, 0.05) is 32.1 Å². The van der Waals surface area contributed by atoms with Crippen molar-refractivity contribution in [1.29, 1.82) is 0 Å². The monoisotopic (exact) mass is 475 g/mol. The van der Waals surface area contributed by atoms with E-state index in [2.05, 4.69) is 10.2 Å². The van der Waals surface area contributed by atoms with Crippen molar-refractivity contribution in [3.05, 3.63) is 33.8 Å². The van der Waals surface area contributed by atoms with Crippen LogP contribution in [-0.4, -0.2) is 62.8 Å². The summed E-state index contributed by atoms with van der Waals surface area (Å²) in [5.74, 6) is -0.187. The topological polar surface area (TPSA) is 69.7 Å². The van der Waals surface area contributed by atoms with E-state index in [1.807, 2.05) is 0 Å². The van der Waals surface area contributed by atoms with E-state index in [9.17, 15) is 13.2 Å². The van der Waals surface area contributed by atoms with Gasteiger partial charge in [0.2, 0.25) is 15.9 Å². The number of piperidine rings is 1. The molecule has 6 nitrogen and oxygen atoms in total. The van der Waals surface area contributed by atoms with E-state index in [1.54, 1.807) is 18.2 Å². The number of likely N-dealkylation sites (tertiary alicyclic amines) is 1. The van der Waals surface area contributed by atoms with E-state index in [0.717, 1.165) is 19.6 Å². The number of rotatable bonds is 7. The Morgan fingerprint density at radius 1 is 1.00 bits per heavy atom. The van der Waals surface area contributed by atoms with Crippen LogP contribution in [0.15, 0.2) is 18.2 Å². The molecule has 0 atom stereocenters. The molecule has 2 aliphatic heterocycles. The molecule has 0 bridgehead atoms. The highest BCUT2D eigenvalue weighted by Gasteiger charge is 2.31. The van der Waals surface area contributed by atoms with Crippen LogP contribution >= 0.6 is 23.2 Å². The summed E-state index contributed by atoms with van der Waals surface area (Å²) in [6, 6.07) is 4.87. The van der Waals surface area contributed by atoms with Gasteiger partial charge < -0.3 is 10.2 Å². The van der Waals surface area contributed by atoms with Gasteiger partial charge in [-0.25, -0.2) is 12.7 Å². The number of carbonyl (C=O) groups is 1. The molecule has 2 aliphatic rings. The molecule has 0 unspecified atom stereocenters. The predicted molar refractivity (Wildman–Crippen MR) is 121 cm³/mol. The van der Waals surface area contributed by atoms with Crippen molar-refractivity contribution < 1.29 is 13.2 Å². The maximum atomic E-state index is 12.7. The molecule has 1 amide bonds. The van der Waals surface area contributed by atoms with Crippen LogP contribution in [0.4, 0.5) is 0 Å². The van der Waals surface area contributed by atoms with Crippen molar-refractivity contribution in [2.45, 2.75) is 44.3 Å². The molecule has 2 fully saturated rings. The number of sulfonamides is 1. The lowest BCUT2D eigenvalue weighted by atomic mass is 9.97. The number of nitrogens with zero attached hydrogens (tertiary/aromatic N) is 2. The highest BCUT2D eigenvalue weighted by Crippen LogP contribution is 2.26. The average Bonchev–Trinajstić information content (AvgIpc) is 2.99. The van der Waals surface area contributed by atoms with Gasteiger partial charge in [-0.1, -0.05) is 42.1 Å². The van der Waals surface area contributed by atoms with Gasteiger partial charge in [0.1, 0.15) is 0 Å². The van der Waals surface area contributed by atoms with Crippen molar-refractivity contribution in [2.75, 3.05) is 39.3 Å². The summed E-state index contributed by atoms with van der Waals surface area (Å²) >= 11 is 11.9. The van der Waals surface area contributed by atoms with Crippen molar-refractivity contribution in [2.24, 2.45) is 5.92 Å². The van der Waals surface area contributed by atoms with Crippen LogP contribution in [0, 0.1) is 5.92 Å². The fourth-order valence-electron chi connectivity index (χ4n) is 4.17. The second-order valence-corrected chi connectivity index (χ2v) is 11.0. The van der Waals surface area contributed by atoms with Gasteiger partial charge in [-0.3, -0.25) is 4.79 Å². The summed E-state index contributed by atoms with van der Waals surface area (Å²) in [6.07, 6.45) is 6.18. The number of halogens is 2. The van der Waals surface area contributed by atoms with E-state index >= 15 is 0 Å². The van der Waals surface area contributed by atoms with Gasteiger partial charge in [0.15, 0.2) is 0 Å². The first kappa shape index (κ1) is 23.8. The van der Waals surface area contributed by atoms with Crippen LogP contribution in [0.3, 0.4) is 0 Å². The summed E-state index contributed by atoms with van der Waals surface area (Å²) < 4.78 is 27.0. The molecule has 168 valence electrons. The molecule has 0 aliphatic carbocycles. The highest BCUT2D eigenvalue weighted by atomic mass is 35.5. The van der Waals surface area contributed by atoms with Crippen LogP contribution in [0.1, 0.15) is 44.1 Å². The van der Waals surface area contributed by atoms with Gasteiger partial charge in [-0.15, -0.1) is 0 Å². The normalized spacial score (nSPS) is 20.1. The smallest absolute Gasteiger partial charge is 0.223 e. The lowest BCUT2D eigenvalue weighted by Gasteiger charge is -2.30. The molecular formula is C21H31Cl2N3O3S. The second-order valence-electron chi connectivity index (χ2n) is 8.22. The largest absolute Gasteiger partial charge is 0.355 e. The molecule has 0 aromatic heterocycles. The number of amides is 1. The van der Waals surface area contributed by atoms with Gasteiger partial charge in [-0.2, -0.15) is 0 Å². The molecule has 30 heavy (non-hydrogen) atoms. The molecule has 1 aromatic carbocycles. The fourth-order valence-corrected chi connectivity index (χ4v) is 6.04. The average molecular weight is 476 g/mol. The number of benzene rings is 1. The summed E-state index contributed by atoms with van der Waals surface area (Å²) in [5.41, 5.74) is 0.609. The summed E-state index contributed by atoms with van der Waals surface area (Å²) in [5, 5.41) is 3.80. The van der Waals surface area contributed by atoms with Crippen LogP contribution in [0.5, 0.6) is 0 Å². The number of nitrogens with one attached hydrogen (secondary N) is 1. The Kier molecular flexibility index (Phi) is 8.83. The first-order valence-corrected chi connectivity index (χ1v) is 13.1. The molecule has 0 spiro atoms. The molecule has 1 aromatic rings. The lowest BCUT2D eigenvalue weighted by molar-refractivity contribution is -0.126. The minimum absolute atomic E-state index is 0.0475. The highest BCUT2D eigenvalue weighted by molar-refractivity contribution is 7.88. The molecule has 0 saturated carbocycles. The fraction of sp³-hybridized carbons (Fsp3) is 0.667. The van der Waals surface area contributed by atoms with Crippen molar-refractivity contribution in [1.82, 2.24) is 14.5 Å². The third kappa shape index (κ3) is 6.82. The molecular weight excluding hydrogens is 445 g/mol. The number of carbonyl (C=O) groups excluding carboxylic acids is 1. The molecule has 2 saturated heterocycles. The Balaban J connectivity index is 1.42. The maximum Gasteiger partial charge on any atom is 0.223 e. The molecule has 0 radical (unpaired) electrons. The standard InChI is InChI=1S/C21H31Cl2N3O3S/c22-19-6-5-17(15-20(19)23)16-30(28,29)26-12-7-18(8-13-26)21(27)24-9-14-25-10-3-1-2-4-11-25/h5-6,15,18H,1-4,7-14,16H2,(H,24,27). The molecule has 3 rings (SSSR count). The molecule has 1 N–H and O–H groups in total. The van der Waals surface area contributed by atoms with Gasteiger partial charge in [-0.05, 0) is 56.5 Å². The van der Waals surface area contributed by atoms with E-state index in [0.29, 0.717) is 48.1 Å². The van der Waals surface area contributed by atoms with Crippen LogP contribution in [-0.2, 0) is 20.6 Å². The summed E-state index contributed by atoms with van der Waals surface area (Å²) in [7, 11) is -3.46. The van der Waals surface area contributed by atoms with Crippen molar-refractivity contribution >= 4 is 39.1 Å². The van der Waals surface area contributed by atoms with Gasteiger partial charge in [0.25, 0.3) is 0 Å². The zero-order chi connectivity index (χ0) is 21.6. The first-order chi connectivity index (χ1) is 14.3. The van der Waals surface area contributed by atoms with Crippen LogP contribution in [0.25, 0.3) is 0 Å². The third-order valence-electron chi connectivity index (χ3n) is 5.98. The SMILES string of the molecule is O=C(NCCN1CCCCCC1)C1CCN(S(=O)(=O)Cc2ccc(Cl)c(Cl)c2)CC1. The Hall–Kier alpha value is -0.860. The van der Waals surface area contributed by atoms with Crippen LogP contribution in [0.2, 0.25) is 10.0 Å². The number of hydrogen-bond donors (Lipinski definition) is 1. The zero-order valence-corrected chi connectivity index (χ0v) is 19.6. The van der Waals surface area contributed by atoms with Gasteiger partial charge in [0.05, 0.1) is 15.8 Å². The Morgan fingerprint density at radius 3 is 2.30 bits per heavy atom. The Morgan fingerprint density at radius 2 is 1.67 bits per heavy atom. The summed E-state index contributed by atoms with van der Waals surface area (Å²) in [4.78, 5) is 14.9. The zero-order valence-electron chi connectivity index (χ0n) is 17.3. The van der Waals surface area contributed by atoms with E-state index in [1.165, 1.54) is 30.0 Å². The quantitative estimate of drug-likeness (QED) is 0.654. The van der Waals surface area contributed by atoms with E-state index in [-0.39, 0.29) is 17.6 Å². The minimum Gasteiger partial charge on any atom is -0.355 e. The molecule has 2 heterocycles. The van der Waals surface area contributed by atoms with Crippen molar-refractivity contribution in [3.8, 4) is 0 Å². The second kappa shape index (κ2) is 11.1.